The number of rotatable bonds is 4. The van der Waals surface area contributed by atoms with Gasteiger partial charge in [0.15, 0.2) is 0 Å². The smallest absolute Gasteiger partial charge is 0.259 e. The molecule has 1 fully saturated rings. The van der Waals surface area contributed by atoms with Crippen LogP contribution in [-0.4, -0.2) is 71.2 Å². The average molecular weight is 367 g/mol. The Hall–Kier alpha value is -2.64. The van der Waals surface area contributed by atoms with Crippen LogP contribution in [0.1, 0.15) is 0 Å². The topological polar surface area (TPSA) is 66.4 Å². The molecular formula is C20H25N5O2. The SMILES string of the molecule is COc1ccc2[nH]c(=O)c(-c3nccn3CC3CN(C)CCN3C)cc2c1. The molecule has 0 spiro atoms. The molecule has 0 saturated carbocycles. The van der Waals surface area contributed by atoms with Crippen LogP contribution in [0.5, 0.6) is 5.75 Å². The molecule has 1 aliphatic heterocycles. The van der Waals surface area contributed by atoms with Crippen molar-refractivity contribution in [1.82, 2.24) is 24.3 Å². The number of pyridine rings is 1. The van der Waals surface area contributed by atoms with Crippen molar-refractivity contribution in [3.8, 4) is 17.1 Å². The molecule has 7 nitrogen and oxygen atoms in total. The number of nitrogens with zero attached hydrogens (tertiary/aromatic N) is 4. The lowest BCUT2D eigenvalue weighted by atomic mass is 10.1. The minimum absolute atomic E-state index is 0.130. The number of hydrogen-bond acceptors (Lipinski definition) is 5. The van der Waals surface area contributed by atoms with Crippen molar-refractivity contribution >= 4 is 10.9 Å². The molecule has 1 saturated heterocycles. The number of imidazole rings is 1. The first-order valence-corrected chi connectivity index (χ1v) is 9.16. The number of ether oxygens (including phenoxy) is 1. The minimum atomic E-state index is -0.130. The van der Waals surface area contributed by atoms with E-state index in [-0.39, 0.29) is 5.56 Å². The zero-order valence-electron chi connectivity index (χ0n) is 16.0. The van der Waals surface area contributed by atoms with Crippen LogP contribution in [0.15, 0.2) is 41.5 Å². The zero-order chi connectivity index (χ0) is 19.0. The van der Waals surface area contributed by atoms with Crippen LogP contribution in [0, 0.1) is 0 Å². The van der Waals surface area contributed by atoms with Gasteiger partial charge in [0.05, 0.1) is 12.7 Å². The maximum Gasteiger partial charge on any atom is 0.259 e. The van der Waals surface area contributed by atoms with Crippen molar-refractivity contribution in [2.45, 2.75) is 12.6 Å². The first kappa shape index (κ1) is 17.8. The number of hydrogen-bond donors (Lipinski definition) is 1. The van der Waals surface area contributed by atoms with E-state index in [9.17, 15) is 4.79 Å². The van der Waals surface area contributed by atoms with Crippen LogP contribution >= 0.6 is 0 Å². The summed E-state index contributed by atoms with van der Waals surface area (Å²) in [6.45, 7) is 3.92. The van der Waals surface area contributed by atoms with Gasteiger partial charge in [0.1, 0.15) is 11.6 Å². The summed E-state index contributed by atoms with van der Waals surface area (Å²) in [5, 5.41) is 0.924. The molecule has 7 heteroatoms. The van der Waals surface area contributed by atoms with Gasteiger partial charge in [-0.15, -0.1) is 0 Å². The number of piperazine rings is 1. The Bertz CT molecular complexity index is 1010. The molecule has 1 unspecified atom stereocenters. The summed E-state index contributed by atoms with van der Waals surface area (Å²) in [5.41, 5.74) is 1.23. The van der Waals surface area contributed by atoms with E-state index in [0.717, 1.165) is 42.8 Å². The van der Waals surface area contributed by atoms with E-state index in [1.165, 1.54) is 0 Å². The Morgan fingerprint density at radius 3 is 2.93 bits per heavy atom. The Kier molecular flexibility index (Phi) is 4.72. The summed E-state index contributed by atoms with van der Waals surface area (Å²) < 4.78 is 7.39. The Morgan fingerprint density at radius 1 is 1.26 bits per heavy atom. The normalized spacial score (nSPS) is 18.9. The van der Waals surface area contributed by atoms with Gasteiger partial charge in [-0.05, 0) is 38.4 Å². The predicted molar refractivity (Wildman–Crippen MR) is 106 cm³/mol. The molecule has 3 heterocycles. The minimum Gasteiger partial charge on any atom is -0.497 e. The summed E-state index contributed by atoms with van der Waals surface area (Å²) in [7, 11) is 5.94. The number of nitrogens with one attached hydrogen (secondary N) is 1. The van der Waals surface area contributed by atoms with Gasteiger partial charge in [0, 0.05) is 55.5 Å². The number of fused-ring (bicyclic) bond motifs is 1. The molecule has 3 aromatic rings. The molecule has 1 N–H and O–H groups in total. The maximum atomic E-state index is 12.7. The average Bonchev–Trinajstić information content (AvgIpc) is 3.11. The van der Waals surface area contributed by atoms with Crippen molar-refractivity contribution in [3.05, 3.63) is 47.0 Å². The van der Waals surface area contributed by atoms with Crippen molar-refractivity contribution in [2.24, 2.45) is 0 Å². The van der Waals surface area contributed by atoms with Crippen LogP contribution < -0.4 is 10.3 Å². The van der Waals surface area contributed by atoms with E-state index in [1.807, 2.05) is 30.5 Å². The van der Waals surface area contributed by atoms with E-state index >= 15 is 0 Å². The van der Waals surface area contributed by atoms with Crippen LogP contribution in [0.3, 0.4) is 0 Å². The lowest BCUT2D eigenvalue weighted by molar-refractivity contribution is 0.103. The third-order valence-electron chi connectivity index (χ3n) is 5.40. The molecule has 27 heavy (non-hydrogen) atoms. The summed E-state index contributed by atoms with van der Waals surface area (Å²) in [5.74, 6) is 1.46. The van der Waals surface area contributed by atoms with Gasteiger partial charge in [-0.3, -0.25) is 9.69 Å². The van der Waals surface area contributed by atoms with E-state index in [1.54, 1.807) is 13.3 Å². The highest BCUT2D eigenvalue weighted by Gasteiger charge is 2.23. The fourth-order valence-electron chi connectivity index (χ4n) is 3.70. The van der Waals surface area contributed by atoms with Gasteiger partial charge >= 0.3 is 0 Å². The molecular weight excluding hydrogens is 342 g/mol. The van der Waals surface area contributed by atoms with E-state index in [4.69, 9.17) is 4.74 Å². The van der Waals surface area contributed by atoms with Crippen LogP contribution in [-0.2, 0) is 6.54 Å². The van der Waals surface area contributed by atoms with Gasteiger partial charge < -0.3 is 19.2 Å². The zero-order valence-corrected chi connectivity index (χ0v) is 16.0. The lowest BCUT2D eigenvalue weighted by Gasteiger charge is -2.38. The fourth-order valence-corrected chi connectivity index (χ4v) is 3.70. The summed E-state index contributed by atoms with van der Waals surface area (Å²) >= 11 is 0. The lowest BCUT2D eigenvalue weighted by Crippen LogP contribution is -2.51. The van der Waals surface area contributed by atoms with Gasteiger partial charge in [-0.2, -0.15) is 0 Å². The highest BCUT2D eigenvalue weighted by molar-refractivity contribution is 5.83. The number of aromatic nitrogens is 3. The largest absolute Gasteiger partial charge is 0.497 e. The van der Waals surface area contributed by atoms with Gasteiger partial charge in [-0.1, -0.05) is 0 Å². The molecule has 2 aromatic heterocycles. The highest BCUT2D eigenvalue weighted by atomic mass is 16.5. The second kappa shape index (κ2) is 7.17. The predicted octanol–water partition coefficient (Wildman–Crippen LogP) is 1.65. The number of methoxy groups -OCH3 is 1. The second-order valence-corrected chi connectivity index (χ2v) is 7.27. The molecule has 1 atom stereocenters. The molecule has 142 valence electrons. The number of likely N-dealkylation sites (N-methyl/N-ethyl adjacent to an activating group) is 2. The molecule has 0 amide bonds. The first-order chi connectivity index (χ1) is 13.0. The van der Waals surface area contributed by atoms with E-state index in [0.29, 0.717) is 17.4 Å². The van der Waals surface area contributed by atoms with Gasteiger partial charge in [0.25, 0.3) is 5.56 Å². The van der Waals surface area contributed by atoms with E-state index < -0.39 is 0 Å². The molecule has 0 aliphatic carbocycles. The maximum absolute atomic E-state index is 12.7. The van der Waals surface area contributed by atoms with Gasteiger partial charge in [0.2, 0.25) is 0 Å². The quantitative estimate of drug-likeness (QED) is 0.760. The summed E-state index contributed by atoms with van der Waals surface area (Å²) in [6, 6.07) is 7.90. The molecule has 4 rings (SSSR count). The number of benzene rings is 1. The Labute approximate surface area is 158 Å². The van der Waals surface area contributed by atoms with Crippen LogP contribution in [0.2, 0.25) is 0 Å². The highest BCUT2D eigenvalue weighted by Crippen LogP contribution is 2.23. The standard InChI is InChI=1S/C20H25N5O2/c1-23-8-9-24(2)15(12-23)13-25-7-6-21-19(25)17-11-14-10-16(27-3)4-5-18(14)22-20(17)26/h4-7,10-11,15H,8-9,12-13H2,1-3H3,(H,22,26). The summed E-state index contributed by atoms with van der Waals surface area (Å²) in [6.07, 6.45) is 3.71. The molecule has 1 aromatic carbocycles. The van der Waals surface area contributed by atoms with Crippen molar-refractivity contribution in [2.75, 3.05) is 40.8 Å². The van der Waals surface area contributed by atoms with Crippen molar-refractivity contribution in [1.29, 1.82) is 0 Å². The molecule has 0 bridgehead atoms. The Balaban J connectivity index is 1.71. The third kappa shape index (κ3) is 3.48. The van der Waals surface area contributed by atoms with E-state index in [2.05, 4.69) is 38.4 Å². The number of H-pyrrole nitrogens is 1. The third-order valence-corrected chi connectivity index (χ3v) is 5.40. The number of aromatic amines is 1. The van der Waals surface area contributed by atoms with Crippen LogP contribution in [0.25, 0.3) is 22.3 Å². The summed E-state index contributed by atoms with van der Waals surface area (Å²) in [4.78, 5) is 24.9. The molecule has 1 aliphatic rings. The Morgan fingerprint density at radius 2 is 2.11 bits per heavy atom. The van der Waals surface area contributed by atoms with Crippen molar-refractivity contribution in [3.63, 3.8) is 0 Å². The fraction of sp³-hybridized carbons (Fsp3) is 0.400. The second-order valence-electron chi connectivity index (χ2n) is 7.27. The molecule has 0 radical (unpaired) electrons. The first-order valence-electron chi connectivity index (χ1n) is 9.16. The van der Waals surface area contributed by atoms with Gasteiger partial charge in [-0.25, -0.2) is 4.98 Å². The van der Waals surface area contributed by atoms with Crippen LogP contribution in [0.4, 0.5) is 0 Å². The monoisotopic (exact) mass is 367 g/mol. The van der Waals surface area contributed by atoms with Crippen molar-refractivity contribution < 1.29 is 4.74 Å².